The number of halogens is 1. The van der Waals surface area contributed by atoms with Gasteiger partial charge in [-0.15, -0.1) is 11.3 Å². The first-order valence-corrected chi connectivity index (χ1v) is 3.67. The number of hydrogen-bond acceptors (Lipinski definition) is 4. The molecule has 0 aromatic carbocycles. The fourth-order valence-electron chi connectivity index (χ4n) is 0.574. The number of hydrogen-bond donors (Lipinski definition) is 1. The monoisotopic (exact) mass is 172 g/mol. The molecule has 0 aliphatic heterocycles. The summed E-state index contributed by atoms with van der Waals surface area (Å²) in [5.74, 6) is 1.46. The Bertz CT molecular complexity index is 303. The van der Waals surface area contributed by atoms with E-state index in [9.17, 15) is 9.18 Å². The summed E-state index contributed by atoms with van der Waals surface area (Å²) in [6.07, 6.45) is 0. The summed E-state index contributed by atoms with van der Waals surface area (Å²) >= 11 is 1.16. The summed E-state index contributed by atoms with van der Waals surface area (Å²) in [7, 11) is 0. The molecule has 2 N–H and O–H groups in total. The Balaban J connectivity index is 3.01. The number of rotatable bonds is 2. The molecule has 58 valence electrons. The molecule has 0 bridgehead atoms. The molecule has 0 amide bonds. The fraction of sp³-hybridized carbons (Fsp3) is 0.167. The Labute approximate surface area is 66.4 Å². The SMILES string of the molecule is Nc1nc(C(=C=O)CF)cs1. The van der Waals surface area contributed by atoms with Gasteiger partial charge in [-0.2, -0.15) is 0 Å². The maximum Gasteiger partial charge on any atom is 0.180 e. The molecule has 0 saturated carbocycles. The second-order valence-corrected chi connectivity index (χ2v) is 2.67. The van der Waals surface area contributed by atoms with Crippen molar-refractivity contribution >= 4 is 28.0 Å². The summed E-state index contributed by atoms with van der Waals surface area (Å²) in [5.41, 5.74) is 5.46. The van der Waals surface area contributed by atoms with Gasteiger partial charge < -0.3 is 5.73 Å². The van der Waals surface area contributed by atoms with Gasteiger partial charge >= 0.3 is 0 Å². The van der Waals surface area contributed by atoms with E-state index in [4.69, 9.17) is 5.73 Å². The zero-order valence-corrected chi connectivity index (χ0v) is 6.32. The second kappa shape index (κ2) is 3.27. The van der Waals surface area contributed by atoms with Crippen molar-refractivity contribution < 1.29 is 9.18 Å². The van der Waals surface area contributed by atoms with E-state index in [1.807, 2.05) is 0 Å². The molecule has 1 aromatic rings. The van der Waals surface area contributed by atoms with Crippen molar-refractivity contribution in [1.29, 1.82) is 0 Å². The van der Waals surface area contributed by atoms with Crippen LogP contribution >= 0.6 is 11.3 Å². The van der Waals surface area contributed by atoms with E-state index in [2.05, 4.69) is 4.98 Å². The number of thiazole rings is 1. The zero-order valence-electron chi connectivity index (χ0n) is 5.50. The molecule has 0 saturated heterocycles. The van der Waals surface area contributed by atoms with Gasteiger partial charge in [0, 0.05) is 5.38 Å². The smallest absolute Gasteiger partial charge is 0.180 e. The Hall–Kier alpha value is -1.19. The standard InChI is InChI=1S/C6H5FN2OS/c7-1-4(2-10)5-3-11-6(8)9-5/h3H,1H2,(H2,8,9). The number of aromatic nitrogens is 1. The van der Waals surface area contributed by atoms with Crippen LogP contribution in [0.5, 0.6) is 0 Å². The molecular formula is C6H5FN2OS. The predicted molar refractivity (Wildman–Crippen MR) is 41.6 cm³/mol. The van der Waals surface area contributed by atoms with Gasteiger partial charge in [0.2, 0.25) is 0 Å². The fourth-order valence-corrected chi connectivity index (χ4v) is 1.15. The first-order chi connectivity index (χ1) is 5.27. The third kappa shape index (κ3) is 1.63. The molecule has 1 aromatic heterocycles. The van der Waals surface area contributed by atoms with Crippen LogP contribution in [0.25, 0.3) is 5.57 Å². The topological polar surface area (TPSA) is 56.0 Å². The first kappa shape index (κ1) is 7.91. The summed E-state index contributed by atoms with van der Waals surface area (Å²) < 4.78 is 12.0. The molecule has 1 heterocycles. The van der Waals surface area contributed by atoms with Crippen molar-refractivity contribution in [2.45, 2.75) is 0 Å². The van der Waals surface area contributed by atoms with E-state index in [1.54, 1.807) is 0 Å². The van der Waals surface area contributed by atoms with Crippen LogP contribution in [-0.4, -0.2) is 17.6 Å². The average molecular weight is 172 g/mol. The van der Waals surface area contributed by atoms with Crippen molar-refractivity contribution in [3.63, 3.8) is 0 Å². The van der Waals surface area contributed by atoms with Gasteiger partial charge in [-0.3, -0.25) is 0 Å². The largest absolute Gasteiger partial charge is 0.375 e. The van der Waals surface area contributed by atoms with Crippen LogP contribution in [0, 0.1) is 0 Å². The Morgan fingerprint density at radius 3 is 3.00 bits per heavy atom. The number of nitrogen functional groups attached to an aromatic ring is 1. The molecule has 0 fully saturated rings. The molecule has 0 spiro atoms. The quantitative estimate of drug-likeness (QED) is 0.674. The first-order valence-electron chi connectivity index (χ1n) is 2.79. The number of allylic oxidation sites excluding steroid dienone is 1. The molecule has 0 radical (unpaired) electrons. The van der Waals surface area contributed by atoms with Crippen LogP contribution in [0.1, 0.15) is 5.69 Å². The second-order valence-electron chi connectivity index (χ2n) is 1.79. The van der Waals surface area contributed by atoms with Gasteiger partial charge in [0.1, 0.15) is 12.6 Å². The number of carbonyl (C=O) groups excluding carboxylic acids is 1. The molecule has 0 aliphatic rings. The number of alkyl halides is 1. The lowest BCUT2D eigenvalue weighted by Crippen LogP contribution is -1.89. The highest BCUT2D eigenvalue weighted by atomic mass is 32.1. The number of nitrogens with zero attached hydrogens (tertiary/aromatic N) is 1. The van der Waals surface area contributed by atoms with Crippen LogP contribution in [0.4, 0.5) is 9.52 Å². The lowest BCUT2D eigenvalue weighted by molar-refractivity contribution is 0.555. The lowest BCUT2D eigenvalue weighted by Gasteiger charge is -1.87. The van der Waals surface area contributed by atoms with E-state index in [0.717, 1.165) is 11.3 Å². The minimum atomic E-state index is -0.854. The number of nitrogens with two attached hydrogens (primary N) is 1. The number of anilines is 1. The van der Waals surface area contributed by atoms with Gasteiger partial charge in [-0.1, -0.05) is 0 Å². The van der Waals surface area contributed by atoms with Crippen LogP contribution < -0.4 is 5.73 Å². The van der Waals surface area contributed by atoms with Gasteiger partial charge in [-0.05, 0) is 0 Å². The Morgan fingerprint density at radius 2 is 2.64 bits per heavy atom. The van der Waals surface area contributed by atoms with E-state index < -0.39 is 6.67 Å². The summed E-state index contributed by atoms with van der Waals surface area (Å²) in [5, 5.41) is 1.84. The summed E-state index contributed by atoms with van der Waals surface area (Å²) in [6.45, 7) is -0.854. The molecule has 11 heavy (non-hydrogen) atoms. The van der Waals surface area contributed by atoms with Gasteiger partial charge in [-0.25, -0.2) is 14.2 Å². The normalized spacial score (nSPS) is 9.18. The molecular weight excluding hydrogens is 167 g/mol. The molecule has 1 rings (SSSR count). The van der Waals surface area contributed by atoms with Crippen LogP contribution in [0.2, 0.25) is 0 Å². The van der Waals surface area contributed by atoms with E-state index >= 15 is 0 Å². The third-order valence-electron chi connectivity index (χ3n) is 1.09. The highest BCUT2D eigenvalue weighted by Gasteiger charge is 2.05. The van der Waals surface area contributed by atoms with E-state index in [-0.39, 0.29) is 11.3 Å². The summed E-state index contributed by atoms with van der Waals surface area (Å²) in [4.78, 5) is 13.8. The van der Waals surface area contributed by atoms with Crippen molar-refractivity contribution in [3.8, 4) is 0 Å². The molecule has 0 aliphatic carbocycles. The lowest BCUT2D eigenvalue weighted by atomic mass is 10.3. The highest BCUT2D eigenvalue weighted by Crippen LogP contribution is 2.17. The van der Waals surface area contributed by atoms with E-state index in [0.29, 0.717) is 5.13 Å². The van der Waals surface area contributed by atoms with Crippen LogP contribution in [0.15, 0.2) is 5.38 Å². The van der Waals surface area contributed by atoms with Crippen LogP contribution in [-0.2, 0) is 4.79 Å². The minimum absolute atomic E-state index is 0.0852. The van der Waals surface area contributed by atoms with Crippen LogP contribution in [0.3, 0.4) is 0 Å². The maximum absolute atomic E-state index is 12.0. The zero-order chi connectivity index (χ0) is 8.27. The minimum Gasteiger partial charge on any atom is -0.375 e. The molecule has 5 heteroatoms. The van der Waals surface area contributed by atoms with Crippen molar-refractivity contribution in [3.05, 3.63) is 11.1 Å². The maximum atomic E-state index is 12.0. The Morgan fingerprint density at radius 1 is 1.91 bits per heavy atom. The van der Waals surface area contributed by atoms with Crippen molar-refractivity contribution in [2.75, 3.05) is 12.4 Å². The average Bonchev–Trinajstić information content (AvgIpc) is 2.39. The van der Waals surface area contributed by atoms with Gasteiger partial charge in [0.05, 0.1) is 11.3 Å². The molecule has 0 atom stereocenters. The third-order valence-corrected chi connectivity index (χ3v) is 1.76. The van der Waals surface area contributed by atoms with E-state index in [1.165, 1.54) is 11.3 Å². The summed E-state index contributed by atoms with van der Waals surface area (Å²) in [6, 6.07) is 0. The van der Waals surface area contributed by atoms with Gasteiger partial charge in [0.15, 0.2) is 5.13 Å². The van der Waals surface area contributed by atoms with Crippen molar-refractivity contribution in [1.82, 2.24) is 4.98 Å². The molecule has 3 nitrogen and oxygen atoms in total. The Kier molecular flexibility index (Phi) is 2.36. The van der Waals surface area contributed by atoms with Gasteiger partial charge in [0.25, 0.3) is 0 Å². The molecule has 0 unspecified atom stereocenters. The van der Waals surface area contributed by atoms with Crippen molar-refractivity contribution in [2.24, 2.45) is 0 Å². The highest BCUT2D eigenvalue weighted by molar-refractivity contribution is 7.13. The predicted octanol–water partition coefficient (Wildman–Crippen LogP) is 0.910.